The van der Waals surface area contributed by atoms with E-state index in [-0.39, 0.29) is 6.61 Å². The standard InChI is InChI=1S/C18H16O4/c1-2-21-17(19)12-13-18(20)22-16-11-7-6-10-15(16)14-8-4-3-5-9-14/h3-13H,2H2,1H3/b13-12+. The van der Waals surface area contributed by atoms with Gasteiger partial charge in [0.2, 0.25) is 0 Å². The first-order valence-corrected chi connectivity index (χ1v) is 6.92. The Morgan fingerprint density at radius 1 is 0.909 bits per heavy atom. The van der Waals surface area contributed by atoms with Crippen molar-refractivity contribution in [1.82, 2.24) is 0 Å². The molecule has 0 amide bonds. The van der Waals surface area contributed by atoms with E-state index in [1.54, 1.807) is 19.1 Å². The highest BCUT2D eigenvalue weighted by atomic mass is 16.5. The SMILES string of the molecule is CCOC(=O)/C=C/C(=O)Oc1ccccc1-c1ccccc1. The van der Waals surface area contributed by atoms with E-state index in [9.17, 15) is 9.59 Å². The molecule has 0 radical (unpaired) electrons. The molecule has 0 aliphatic carbocycles. The average Bonchev–Trinajstić information content (AvgIpc) is 2.55. The lowest BCUT2D eigenvalue weighted by molar-refractivity contribution is -0.138. The van der Waals surface area contributed by atoms with Crippen LogP contribution in [0.25, 0.3) is 11.1 Å². The smallest absolute Gasteiger partial charge is 0.336 e. The van der Waals surface area contributed by atoms with E-state index in [1.807, 2.05) is 42.5 Å². The van der Waals surface area contributed by atoms with Crippen LogP contribution in [0.5, 0.6) is 5.75 Å². The molecule has 2 aromatic rings. The first kappa shape index (κ1) is 15.5. The Labute approximate surface area is 129 Å². The lowest BCUT2D eigenvalue weighted by Gasteiger charge is -2.08. The summed E-state index contributed by atoms with van der Waals surface area (Å²) in [5.41, 5.74) is 1.75. The van der Waals surface area contributed by atoms with Gasteiger partial charge >= 0.3 is 11.9 Å². The topological polar surface area (TPSA) is 52.6 Å². The maximum Gasteiger partial charge on any atom is 0.336 e. The molecule has 0 aliphatic heterocycles. The fourth-order valence-electron chi connectivity index (χ4n) is 1.88. The molecule has 0 unspecified atom stereocenters. The van der Waals surface area contributed by atoms with Gasteiger partial charge in [0, 0.05) is 17.7 Å². The van der Waals surface area contributed by atoms with Gasteiger partial charge in [-0.3, -0.25) is 0 Å². The number of ether oxygens (including phenoxy) is 2. The molecule has 0 atom stereocenters. The van der Waals surface area contributed by atoms with Crippen LogP contribution >= 0.6 is 0 Å². The van der Waals surface area contributed by atoms with Crippen LogP contribution in [0.15, 0.2) is 66.7 Å². The minimum Gasteiger partial charge on any atom is -0.463 e. The highest BCUT2D eigenvalue weighted by molar-refractivity contribution is 5.93. The predicted octanol–water partition coefficient (Wildman–Crippen LogP) is 3.38. The Bertz CT molecular complexity index is 674. The number of esters is 2. The van der Waals surface area contributed by atoms with Gasteiger partial charge in [0.05, 0.1) is 6.61 Å². The van der Waals surface area contributed by atoms with E-state index in [2.05, 4.69) is 0 Å². The molecule has 112 valence electrons. The van der Waals surface area contributed by atoms with E-state index in [1.165, 1.54) is 0 Å². The summed E-state index contributed by atoms with van der Waals surface area (Å²) < 4.78 is 10.00. The van der Waals surface area contributed by atoms with Crippen LogP contribution in [-0.2, 0) is 14.3 Å². The number of para-hydroxylation sites is 1. The first-order valence-electron chi connectivity index (χ1n) is 6.92. The van der Waals surface area contributed by atoms with Crippen LogP contribution in [0.1, 0.15) is 6.92 Å². The summed E-state index contributed by atoms with van der Waals surface area (Å²) in [6.07, 6.45) is 2.11. The fourth-order valence-corrected chi connectivity index (χ4v) is 1.88. The maximum absolute atomic E-state index is 11.8. The lowest BCUT2D eigenvalue weighted by Crippen LogP contribution is -2.07. The molecule has 4 heteroatoms. The Balaban J connectivity index is 2.14. The third-order valence-electron chi connectivity index (χ3n) is 2.82. The Morgan fingerprint density at radius 3 is 2.27 bits per heavy atom. The second kappa shape index (κ2) is 7.78. The van der Waals surface area contributed by atoms with E-state index in [0.717, 1.165) is 23.3 Å². The van der Waals surface area contributed by atoms with Crippen molar-refractivity contribution in [2.45, 2.75) is 6.92 Å². The predicted molar refractivity (Wildman–Crippen MR) is 83.3 cm³/mol. The molecule has 0 aliphatic rings. The number of hydrogen-bond donors (Lipinski definition) is 0. The van der Waals surface area contributed by atoms with E-state index in [0.29, 0.717) is 5.75 Å². The summed E-state index contributed by atoms with van der Waals surface area (Å²) in [4.78, 5) is 23.0. The molecule has 22 heavy (non-hydrogen) atoms. The Hall–Kier alpha value is -2.88. The normalized spacial score (nSPS) is 10.4. The van der Waals surface area contributed by atoms with Gasteiger partial charge in [0.25, 0.3) is 0 Å². The van der Waals surface area contributed by atoms with Gasteiger partial charge in [0.1, 0.15) is 5.75 Å². The highest BCUT2D eigenvalue weighted by Gasteiger charge is 2.08. The van der Waals surface area contributed by atoms with E-state index >= 15 is 0 Å². The largest absolute Gasteiger partial charge is 0.463 e. The van der Waals surface area contributed by atoms with Crippen molar-refractivity contribution in [3.63, 3.8) is 0 Å². The number of rotatable bonds is 5. The van der Waals surface area contributed by atoms with Crippen LogP contribution in [0.2, 0.25) is 0 Å². The maximum atomic E-state index is 11.8. The summed E-state index contributed by atoms with van der Waals surface area (Å²) >= 11 is 0. The summed E-state index contributed by atoms with van der Waals surface area (Å²) in [7, 11) is 0. The molecule has 0 N–H and O–H groups in total. The van der Waals surface area contributed by atoms with Crippen molar-refractivity contribution in [3.8, 4) is 16.9 Å². The molecule has 0 saturated carbocycles. The van der Waals surface area contributed by atoms with Crippen molar-refractivity contribution in [2.24, 2.45) is 0 Å². The molecule has 4 nitrogen and oxygen atoms in total. The molecule has 2 aromatic carbocycles. The first-order chi connectivity index (χ1) is 10.7. The second-order valence-corrected chi connectivity index (χ2v) is 4.37. The van der Waals surface area contributed by atoms with Gasteiger partial charge in [-0.15, -0.1) is 0 Å². The summed E-state index contributed by atoms with van der Waals surface area (Å²) in [6.45, 7) is 1.95. The molecule has 0 heterocycles. The monoisotopic (exact) mass is 296 g/mol. The average molecular weight is 296 g/mol. The third-order valence-corrected chi connectivity index (χ3v) is 2.82. The molecule has 0 fully saturated rings. The van der Waals surface area contributed by atoms with Crippen LogP contribution < -0.4 is 4.74 Å². The Morgan fingerprint density at radius 2 is 1.55 bits per heavy atom. The van der Waals surface area contributed by atoms with Crippen molar-refractivity contribution >= 4 is 11.9 Å². The van der Waals surface area contributed by atoms with Crippen molar-refractivity contribution in [3.05, 3.63) is 66.7 Å². The number of benzene rings is 2. The van der Waals surface area contributed by atoms with Gasteiger partial charge in [-0.25, -0.2) is 9.59 Å². The zero-order valence-corrected chi connectivity index (χ0v) is 12.2. The van der Waals surface area contributed by atoms with Crippen LogP contribution in [0, 0.1) is 0 Å². The summed E-state index contributed by atoms with van der Waals surface area (Å²) in [6, 6.07) is 16.8. The van der Waals surface area contributed by atoms with Gasteiger partial charge in [0.15, 0.2) is 0 Å². The molecule has 0 bridgehead atoms. The second-order valence-electron chi connectivity index (χ2n) is 4.37. The minimum absolute atomic E-state index is 0.259. The van der Waals surface area contributed by atoms with Gasteiger partial charge in [-0.05, 0) is 18.6 Å². The third kappa shape index (κ3) is 4.31. The van der Waals surface area contributed by atoms with Crippen molar-refractivity contribution in [1.29, 1.82) is 0 Å². The number of carbonyl (C=O) groups is 2. The minimum atomic E-state index is -0.628. The van der Waals surface area contributed by atoms with Gasteiger partial charge in [-0.1, -0.05) is 48.5 Å². The molecular formula is C18H16O4. The molecular weight excluding hydrogens is 280 g/mol. The number of carbonyl (C=O) groups excluding carboxylic acids is 2. The number of hydrogen-bond acceptors (Lipinski definition) is 4. The van der Waals surface area contributed by atoms with E-state index < -0.39 is 11.9 Å². The molecule has 0 spiro atoms. The molecule has 0 aromatic heterocycles. The zero-order chi connectivity index (χ0) is 15.8. The van der Waals surface area contributed by atoms with Crippen LogP contribution in [0.3, 0.4) is 0 Å². The lowest BCUT2D eigenvalue weighted by atomic mass is 10.1. The quantitative estimate of drug-likeness (QED) is 0.482. The summed E-state index contributed by atoms with van der Waals surface area (Å²) in [5.74, 6) is -0.764. The van der Waals surface area contributed by atoms with Gasteiger partial charge < -0.3 is 9.47 Å². The fraction of sp³-hybridized carbons (Fsp3) is 0.111. The van der Waals surface area contributed by atoms with Crippen molar-refractivity contribution < 1.29 is 19.1 Å². The van der Waals surface area contributed by atoms with Crippen LogP contribution in [0.4, 0.5) is 0 Å². The molecule has 2 rings (SSSR count). The molecule has 0 saturated heterocycles. The highest BCUT2D eigenvalue weighted by Crippen LogP contribution is 2.29. The van der Waals surface area contributed by atoms with Gasteiger partial charge in [-0.2, -0.15) is 0 Å². The van der Waals surface area contributed by atoms with E-state index in [4.69, 9.17) is 9.47 Å². The zero-order valence-electron chi connectivity index (χ0n) is 12.2. The van der Waals surface area contributed by atoms with Crippen LogP contribution in [-0.4, -0.2) is 18.5 Å². The van der Waals surface area contributed by atoms with Crippen molar-refractivity contribution in [2.75, 3.05) is 6.61 Å². The Kier molecular flexibility index (Phi) is 5.49. The summed E-state index contributed by atoms with van der Waals surface area (Å²) in [5, 5.41) is 0.